The quantitative estimate of drug-likeness (QED) is 0.353. The third-order valence-electron chi connectivity index (χ3n) is 5.55. The zero-order valence-corrected chi connectivity index (χ0v) is 17.7. The van der Waals surface area contributed by atoms with Crippen molar-refractivity contribution in [3.05, 3.63) is 112 Å². The number of nitrogens with one attached hydrogen (secondary N) is 2. The van der Waals surface area contributed by atoms with Gasteiger partial charge in [0.05, 0.1) is 23.1 Å². The highest BCUT2D eigenvalue weighted by Crippen LogP contribution is 2.26. The fraction of sp³-hybridized carbons (Fsp3) is 0.0741. The van der Waals surface area contributed by atoms with Crippen LogP contribution in [0.1, 0.15) is 16.8 Å². The predicted octanol–water partition coefficient (Wildman–Crippen LogP) is 4.55. The van der Waals surface area contributed by atoms with E-state index in [0.29, 0.717) is 17.8 Å². The first kappa shape index (κ1) is 20.5. The maximum absolute atomic E-state index is 12.8. The van der Waals surface area contributed by atoms with E-state index < -0.39 is 0 Å². The van der Waals surface area contributed by atoms with E-state index in [9.17, 15) is 14.7 Å². The van der Waals surface area contributed by atoms with Crippen LogP contribution in [0.25, 0.3) is 21.8 Å². The molecule has 0 unspecified atom stereocenters. The van der Waals surface area contributed by atoms with Crippen molar-refractivity contribution in [2.24, 2.45) is 0 Å². The first-order valence-corrected chi connectivity index (χ1v) is 10.6. The van der Waals surface area contributed by atoms with Crippen molar-refractivity contribution in [1.29, 1.82) is 0 Å². The lowest BCUT2D eigenvalue weighted by molar-refractivity contribution is -0.115. The van der Waals surface area contributed by atoms with Crippen LogP contribution in [0.3, 0.4) is 0 Å². The number of hydrogen-bond donors (Lipinski definition) is 3. The number of phenols is 1. The van der Waals surface area contributed by atoms with Gasteiger partial charge in [-0.1, -0.05) is 48.5 Å². The van der Waals surface area contributed by atoms with Crippen molar-refractivity contribution in [3.8, 4) is 5.75 Å². The number of aromatic amines is 1. The number of carbonyl (C=O) groups excluding carboxylic acids is 1. The lowest BCUT2D eigenvalue weighted by atomic mass is 10.1. The molecule has 0 fully saturated rings. The van der Waals surface area contributed by atoms with Crippen molar-refractivity contribution in [2.45, 2.75) is 12.8 Å². The maximum Gasteiger partial charge on any atom is 0.229 e. The van der Waals surface area contributed by atoms with Gasteiger partial charge in [0.15, 0.2) is 11.2 Å². The van der Waals surface area contributed by atoms with Crippen LogP contribution in [0.2, 0.25) is 0 Å². The molecule has 5 rings (SSSR count). The zero-order chi connectivity index (χ0) is 22.8. The van der Waals surface area contributed by atoms with Crippen molar-refractivity contribution in [2.75, 3.05) is 5.32 Å². The molecule has 0 radical (unpaired) electrons. The van der Waals surface area contributed by atoms with E-state index in [-0.39, 0.29) is 23.5 Å². The number of aromatic hydroxyl groups is 1. The van der Waals surface area contributed by atoms with Crippen LogP contribution in [-0.2, 0) is 17.6 Å². The number of rotatable bonds is 5. The zero-order valence-electron chi connectivity index (χ0n) is 17.7. The lowest BCUT2D eigenvalue weighted by Crippen LogP contribution is -2.17. The minimum Gasteiger partial charge on any atom is -0.508 e. The minimum absolute atomic E-state index is 0.0440. The number of benzene rings is 4. The maximum atomic E-state index is 12.8. The molecule has 6 heteroatoms. The predicted molar refractivity (Wildman–Crippen MR) is 130 cm³/mol. The van der Waals surface area contributed by atoms with E-state index in [2.05, 4.69) is 10.3 Å². The highest BCUT2D eigenvalue weighted by Gasteiger charge is 2.14. The number of fused-ring (bicyclic) bond motifs is 3. The van der Waals surface area contributed by atoms with Crippen molar-refractivity contribution >= 4 is 33.5 Å². The molecule has 0 atom stereocenters. The highest BCUT2D eigenvalue weighted by molar-refractivity contribution is 6.04. The van der Waals surface area contributed by atoms with Gasteiger partial charge >= 0.3 is 0 Å². The van der Waals surface area contributed by atoms with Crippen molar-refractivity contribution in [1.82, 2.24) is 9.97 Å². The van der Waals surface area contributed by atoms with Crippen molar-refractivity contribution < 1.29 is 9.90 Å². The number of hydrogen-bond acceptors (Lipinski definition) is 4. The molecule has 0 spiro atoms. The molecular weight excluding hydrogens is 414 g/mol. The SMILES string of the molecule is O=C(Cc1ccc(O)cc1)Nc1nc2ccc3cc(=O)ccc3c2[nH]c1Cc1ccccc1. The summed E-state index contributed by atoms with van der Waals surface area (Å²) in [6.07, 6.45) is 0.712. The van der Waals surface area contributed by atoms with E-state index in [1.54, 1.807) is 42.5 Å². The second kappa shape index (κ2) is 8.59. The van der Waals surface area contributed by atoms with E-state index >= 15 is 0 Å². The molecule has 33 heavy (non-hydrogen) atoms. The topological polar surface area (TPSA) is 95.1 Å². The first-order chi connectivity index (χ1) is 16.0. The molecule has 0 bridgehead atoms. The number of carbonyl (C=O) groups is 1. The van der Waals surface area contributed by atoms with Gasteiger partial charge in [0.1, 0.15) is 5.75 Å². The van der Waals surface area contributed by atoms with Gasteiger partial charge in [-0.15, -0.1) is 0 Å². The molecule has 0 saturated carbocycles. The Morgan fingerprint density at radius 1 is 0.909 bits per heavy atom. The average molecular weight is 435 g/mol. The molecule has 1 amide bonds. The standard InChI is InChI=1S/C27H21N3O3/c31-20-9-6-18(7-10-20)15-25(33)30-27-24(14-17-4-2-1-3-5-17)28-26-22-12-11-21(32)16-19(22)8-13-23(26)29-27/h1-13,16,28,31H,14-15H2,(H,30,33). The normalized spacial score (nSPS) is 11.0. The van der Waals surface area contributed by atoms with Crippen LogP contribution in [0.4, 0.5) is 5.82 Å². The van der Waals surface area contributed by atoms with Gasteiger partial charge in [0.25, 0.3) is 0 Å². The minimum atomic E-state index is -0.202. The Morgan fingerprint density at radius 2 is 1.70 bits per heavy atom. The molecule has 5 aromatic rings. The summed E-state index contributed by atoms with van der Waals surface area (Å²) in [5.74, 6) is 0.424. The number of phenolic OH excluding ortho intramolecular Hbond substituents is 1. The molecule has 0 saturated heterocycles. The summed E-state index contributed by atoms with van der Waals surface area (Å²) in [7, 11) is 0. The lowest BCUT2D eigenvalue weighted by Gasteiger charge is -2.14. The van der Waals surface area contributed by atoms with Crippen LogP contribution in [-0.4, -0.2) is 21.0 Å². The van der Waals surface area contributed by atoms with Gasteiger partial charge in [0, 0.05) is 11.8 Å². The van der Waals surface area contributed by atoms with Gasteiger partial charge in [0.2, 0.25) is 5.91 Å². The van der Waals surface area contributed by atoms with Gasteiger partial charge in [-0.3, -0.25) is 9.59 Å². The summed E-state index contributed by atoms with van der Waals surface area (Å²) in [6.45, 7) is 0. The molecule has 0 aliphatic rings. The van der Waals surface area contributed by atoms with Crippen LogP contribution < -0.4 is 10.7 Å². The molecule has 0 aliphatic carbocycles. The number of amides is 1. The highest BCUT2D eigenvalue weighted by atomic mass is 16.3. The summed E-state index contributed by atoms with van der Waals surface area (Å²) in [4.78, 5) is 32.8. The number of nitrogens with zero attached hydrogens (tertiary/aromatic N) is 1. The Balaban J connectivity index is 1.56. The smallest absolute Gasteiger partial charge is 0.229 e. The molecule has 1 heterocycles. The molecule has 0 aliphatic heterocycles. The molecule has 1 aromatic heterocycles. The van der Waals surface area contributed by atoms with Crippen LogP contribution in [0, 0.1) is 0 Å². The second-order valence-corrected chi connectivity index (χ2v) is 7.96. The van der Waals surface area contributed by atoms with Crippen LogP contribution >= 0.6 is 0 Å². The second-order valence-electron chi connectivity index (χ2n) is 7.96. The van der Waals surface area contributed by atoms with Gasteiger partial charge < -0.3 is 15.4 Å². The molecule has 162 valence electrons. The average Bonchev–Trinajstić information content (AvgIpc) is 2.81. The van der Waals surface area contributed by atoms with E-state index in [1.807, 2.05) is 42.5 Å². The Kier molecular flexibility index (Phi) is 5.32. The molecule has 6 nitrogen and oxygen atoms in total. The number of H-pyrrole nitrogens is 1. The largest absolute Gasteiger partial charge is 0.508 e. The van der Waals surface area contributed by atoms with Gasteiger partial charge in [-0.05, 0) is 52.9 Å². The Bertz CT molecular complexity index is 1520. The summed E-state index contributed by atoms with van der Waals surface area (Å²) in [5.41, 5.74) is 4.10. The number of aromatic nitrogens is 2. The Labute approximate surface area is 189 Å². The molecule has 3 N–H and O–H groups in total. The van der Waals surface area contributed by atoms with E-state index in [1.165, 1.54) is 0 Å². The third kappa shape index (κ3) is 4.45. The van der Waals surface area contributed by atoms with Gasteiger partial charge in [-0.25, -0.2) is 4.98 Å². The van der Waals surface area contributed by atoms with Gasteiger partial charge in [-0.2, -0.15) is 0 Å². The van der Waals surface area contributed by atoms with E-state index in [4.69, 9.17) is 4.98 Å². The monoisotopic (exact) mass is 435 g/mol. The fourth-order valence-corrected chi connectivity index (χ4v) is 3.93. The molecule has 4 aromatic carbocycles. The van der Waals surface area contributed by atoms with E-state index in [0.717, 1.165) is 33.1 Å². The Morgan fingerprint density at radius 3 is 2.48 bits per heavy atom. The molecular formula is C27H21N3O3. The summed E-state index contributed by atoms with van der Waals surface area (Å²) in [6, 6.07) is 25.1. The van der Waals surface area contributed by atoms with Crippen LogP contribution in [0.5, 0.6) is 5.75 Å². The summed E-state index contributed by atoms with van der Waals surface area (Å²) >= 11 is 0. The third-order valence-corrected chi connectivity index (χ3v) is 5.55. The van der Waals surface area contributed by atoms with Crippen molar-refractivity contribution in [3.63, 3.8) is 0 Å². The number of anilines is 1. The fourth-order valence-electron chi connectivity index (χ4n) is 3.93. The first-order valence-electron chi connectivity index (χ1n) is 10.6. The van der Waals surface area contributed by atoms with Crippen LogP contribution in [0.15, 0.2) is 89.7 Å². The Hall–Kier alpha value is -4.45. The summed E-state index contributed by atoms with van der Waals surface area (Å²) in [5, 5.41) is 14.1. The summed E-state index contributed by atoms with van der Waals surface area (Å²) < 4.78 is 0.